The summed E-state index contributed by atoms with van der Waals surface area (Å²) >= 11 is 0. The Morgan fingerprint density at radius 2 is 2.12 bits per heavy atom. The highest BCUT2D eigenvalue weighted by Gasteiger charge is 2.34. The highest BCUT2D eigenvalue weighted by Crippen LogP contribution is 2.37. The molecule has 0 spiro atoms. The molecule has 17 heavy (non-hydrogen) atoms. The molecular formula is C12H17ClFNO2. The number of rotatable bonds is 4. The lowest BCUT2D eigenvalue weighted by atomic mass is 9.99. The highest BCUT2D eigenvalue weighted by atomic mass is 35.5. The molecule has 0 aliphatic heterocycles. The average Bonchev–Trinajstić information content (AvgIpc) is 3.11. The first-order valence-corrected chi connectivity index (χ1v) is 5.40. The number of methoxy groups -OCH3 is 1. The molecule has 1 aromatic carbocycles. The molecule has 0 heterocycles. The van der Waals surface area contributed by atoms with E-state index in [1.807, 2.05) is 0 Å². The molecular weight excluding hydrogens is 245 g/mol. The second kappa shape index (κ2) is 5.67. The maximum Gasteiger partial charge on any atom is 0.165 e. The molecule has 0 unspecified atom stereocenters. The molecule has 1 aliphatic carbocycles. The van der Waals surface area contributed by atoms with Crippen LogP contribution in [0.3, 0.4) is 0 Å². The van der Waals surface area contributed by atoms with Crippen LogP contribution in [0.15, 0.2) is 18.2 Å². The van der Waals surface area contributed by atoms with Crippen LogP contribution in [0.2, 0.25) is 0 Å². The molecule has 1 aliphatic rings. The van der Waals surface area contributed by atoms with E-state index in [0.717, 1.165) is 12.8 Å². The van der Waals surface area contributed by atoms with Gasteiger partial charge in [0.25, 0.3) is 0 Å². The van der Waals surface area contributed by atoms with E-state index in [0.29, 0.717) is 5.56 Å². The van der Waals surface area contributed by atoms with Crippen molar-refractivity contribution in [3.8, 4) is 5.75 Å². The minimum Gasteiger partial charge on any atom is -0.494 e. The van der Waals surface area contributed by atoms with Crippen molar-refractivity contribution in [3.63, 3.8) is 0 Å². The number of ether oxygens (including phenoxy) is 1. The van der Waals surface area contributed by atoms with Gasteiger partial charge in [-0.15, -0.1) is 12.4 Å². The number of hydrogen-bond acceptors (Lipinski definition) is 3. The van der Waals surface area contributed by atoms with Gasteiger partial charge >= 0.3 is 0 Å². The van der Waals surface area contributed by atoms with Crippen molar-refractivity contribution in [1.29, 1.82) is 0 Å². The Morgan fingerprint density at radius 1 is 1.47 bits per heavy atom. The van der Waals surface area contributed by atoms with Crippen LogP contribution in [0.25, 0.3) is 0 Å². The summed E-state index contributed by atoms with van der Waals surface area (Å²) < 4.78 is 18.3. The third kappa shape index (κ3) is 3.09. The standard InChI is InChI=1S/C12H16FNO2.ClH/c1-16-10-5-4-8(6-9(10)13)11(14)12(15)7-2-3-7;/h4-7,11-12,15H,2-3,14H2,1H3;1H/t11-,12+;/m0./s1. The second-order valence-electron chi connectivity index (χ2n) is 4.25. The maximum absolute atomic E-state index is 13.4. The maximum atomic E-state index is 13.4. The van der Waals surface area contributed by atoms with Gasteiger partial charge in [0.15, 0.2) is 11.6 Å². The zero-order valence-corrected chi connectivity index (χ0v) is 10.4. The molecule has 2 atom stereocenters. The summed E-state index contributed by atoms with van der Waals surface area (Å²) in [5.74, 6) is 0.0236. The van der Waals surface area contributed by atoms with Crippen LogP contribution in [-0.2, 0) is 0 Å². The van der Waals surface area contributed by atoms with Crippen molar-refractivity contribution in [2.24, 2.45) is 11.7 Å². The minimum absolute atomic E-state index is 0. The molecule has 0 radical (unpaired) electrons. The van der Waals surface area contributed by atoms with Gasteiger partial charge in [0.2, 0.25) is 0 Å². The predicted molar refractivity (Wildman–Crippen MR) is 65.9 cm³/mol. The summed E-state index contributed by atoms with van der Waals surface area (Å²) in [6.45, 7) is 0. The van der Waals surface area contributed by atoms with E-state index in [-0.39, 0.29) is 24.1 Å². The smallest absolute Gasteiger partial charge is 0.165 e. The molecule has 2 rings (SSSR count). The Bertz CT molecular complexity index is 385. The second-order valence-corrected chi connectivity index (χ2v) is 4.25. The quantitative estimate of drug-likeness (QED) is 0.872. The monoisotopic (exact) mass is 261 g/mol. The largest absolute Gasteiger partial charge is 0.494 e. The van der Waals surface area contributed by atoms with Crippen LogP contribution in [0.4, 0.5) is 4.39 Å². The number of hydrogen-bond donors (Lipinski definition) is 2. The van der Waals surface area contributed by atoms with Crippen molar-refractivity contribution in [2.75, 3.05) is 7.11 Å². The average molecular weight is 262 g/mol. The summed E-state index contributed by atoms with van der Waals surface area (Å²) in [4.78, 5) is 0. The lowest BCUT2D eigenvalue weighted by molar-refractivity contribution is 0.122. The topological polar surface area (TPSA) is 55.5 Å². The molecule has 0 bridgehead atoms. The Hall–Kier alpha value is -0.840. The first kappa shape index (κ1) is 14.2. The molecule has 5 heteroatoms. The van der Waals surface area contributed by atoms with Crippen molar-refractivity contribution >= 4 is 12.4 Å². The van der Waals surface area contributed by atoms with Crippen LogP contribution < -0.4 is 10.5 Å². The van der Waals surface area contributed by atoms with Gasteiger partial charge in [-0.1, -0.05) is 6.07 Å². The number of nitrogens with two attached hydrogens (primary N) is 1. The van der Waals surface area contributed by atoms with Gasteiger partial charge < -0.3 is 15.6 Å². The van der Waals surface area contributed by atoms with Gasteiger partial charge in [-0.05, 0) is 36.5 Å². The van der Waals surface area contributed by atoms with E-state index in [2.05, 4.69) is 0 Å². The molecule has 3 nitrogen and oxygen atoms in total. The fourth-order valence-corrected chi connectivity index (χ4v) is 1.82. The van der Waals surface area contributed by atoms with Crippen molar-refractivity contribution in [1.82, 2.24) is 0 Å². The van der Waals surface area contributed by atoms with Crippen molar-refractivity contribution < 1.29 is 14.2 Å². The Kier molecular flexibility index (Phi) is 4.74. The fraction of sp³-hybridized carbons (Fsp3) is 0.500. The van der Waals surface area contributed by atoms with Gasteiger partial charge in [-0.25, -0.2) is 4.39 Å². The molecule has 0 aromatic heterocycles. The van der Waals surface area contributed by atoms with E-state index in [9.17, 15) is 9.50 Å². The van der Waals surface area contributed by atoms with E-state index < -0.39 is 18.0 Å². The van der Waals surface area contributed by atoms with E-state index in [1.54, 1.807) is 6.07 Å². The number of benzene rings is 1. The molecule has 1 aromatic rings. The summed E-state index contributed by atoms with van der Waals surface area (Å²) in [5.41, 5.74) is 6.49. The first-order valence-electron chi connectivity index (χ1n) is 5.40. The highest BCUT2D eigenvalue weighted by molar-refractivity contribution is 5.85. The van der Waals surface area contributed by atoms with Crippen LogP contribution in [0.5, 0.6) is 5.75 Å². The predicted octanol–water partition coefficient (Wildman–Crippen LogP) is 2.03. The third-order valence-corrected chi connectivity index (χ3v) is 3.03. The normalized spacial score (nSPS) is 18.1. The summed E-state index contributed by atoms with van der Waals surface area (Å²) in [5, 5.41) is 9.85. The Morgan fingerprint density at radius 3 is 2.59 bits per heavy atom. The van der Waals surface area contributed by atoms with Crippen LogP contribution in [-0.4, -0.2) is 18.3 Å². The Balaban J connectivity index is 0.00000144. The van der Waals surface area contributed by atoms with E-state index in [1.165, 1.54) is 19.2 Å². The van der Waals surface area contributed by atoms with Crippen molar-refractivity contribution in [3.05, 3.63) is 29.6 Å². The van der Waals surface area contributed by atoms with E-state index >= 15 is 0 Å². The van der Waals surface area contributed by atoms with Crippen LogP contribution in [0, 0.1) is 11.7 Å². The molecule has 0 saturated heterocycles. The molecule has 96 valence electrons. The lowest BCUT2D eigenvalue weighted by Gasteiger charge is -2.19. The van der Waals surface area contributed by atoms with E-state index in [4.69, 9.17) is 10.5 Å². The Labute approximate surface area is 106 Å². The van der Waals surface area contributed by atoms with Crippen LogP contribution in [0.1, 0.15) is 24.4 Å². The third-order valence-electron chi connectivity index (χ3n) is 3.03. The number of halogens is 2. The minimum atomic E-state index is -0.576. The van der Waals surface area contributed by atoms with Gasteiger partial charge in [-0.3, -0.25) is 0 Å². The van der Waals surface area contributed by atoms with Gasteiger partial charge in [0, 0.05) is 0 Å². The van der Waals surface area contributed by atoms with Gasteiger partial charge in [0.1, 0.15) is 0 Å². The molecule has 1 saturated carbocycles. The molecule has 1 fully saturated rings. The van der Waals surface area contributed by atoms with Gasteiger partial charge in [0.05, 0.1) is 19.3 Å². The number of aliphatic hydroxyl groups excluding tert-OH is 1. The summed E-state index contributed by atoms with van der Waals surface area (Å²) in [6, 6.07) is 4.03. The number of aliphatic hydroxyl groups is 1. The SMILES string of the molecule is COc1ccc([C@H](N)[C@H](O)C2CC2)cc1F.Cl. The zero-order chi connectivity index (χ0) is 11.7. The molecule has 0 amide bonds. The van der Waals surface area contributed by atoms with Gasteiger partial charge in [-0.2, -0.15) is 0 Å². The summed E-state index contributed by atoms with van der Waals surface area (Å²) in [7, 11) is 1.41. The fourth-order valence-electron chi connectivity index (χ4n) is 1.82. The summed E-state index contributed by atoms with van der Waals surface area (Å²) in [6.07, 6.45) is 1.44. The van der Waals surface area contributed by atoms with Crippen LogP contribution >= 0.6 is 12.4 Å². The van der Waals surface area contributed by atoms with Crippen molar-refractivity contribution in [2.45, 2.75) is 25.0 Å². The zero-order valence-electron chi connectivity index (χ0n) is 9.60. The lowest BCUT2D eigenvalue weighted by Crippen LogP contribution is -2.27. The molecule has 3 N–H and O–H groups in total. The first-order chi connectivity index (χ1) is 7.63.